The van der Waals surface area contributed by atoms with Crippen molar-refractivity contribution in [2.75, 3.05) is 0 Å². The van der Waals surface area contributed by atoms with Crippen molar-refractivity contribution < 1.29 is 61.1 Å². The van der Waals surface area contributed by atoms with Gasteiger partial charge in [-0.05, 0) is 6.42 Å². The van der Waals surface area contributed by atoms with E-state index in [9.17, 15) is 52.4 Å². The largest absolute Gasteiger partial charge is 0.517 e. The molecule has 0 aromatic carbocycles. The molecule has 0 aromatic rings. The molecule has 1 heterocycles. The molecular formula is C17H26F10NO3S+. The summed E-state index contributed by atoms with van der Waals surface area (Å²) >= 11 is 0. The summed E-state index contributed by atoms with van der Waals surface area (Å²) in [6.45, 7) is 2.01. The fourth-order valence-electron chi connectivity index (χ4n) is 3.69. The van der Waals surface area contributed by atoms with Crippen LogP contribution in [0.25, 0.3) is 0 Å². The molecule has 0 aromatic heterocycles. The summed E-state index contributed by atoms with van der Waals surface area (Å²) < 4.78 is 165. The predicted octanol–water partition coefficient (Wildman–Crippen LogP) is 6.98. The van der Waals surface area contributed by atoms with Crippen LogP contribution < -0.4 is 0 Å². The summed E-state index contributed by atoms with van der Waals surface area (Å²) in [6, 6.07) is -7.28. The zero-order valence-electron chi connectivity index (χ0n) is 17.2. The van der Waals surface area contributed by atoms with Crippen LogP contribution in [0.1, 0.15) is 77.6 Å². The van der Waals surface area contributed by atoms with Gasteiger partial charge in [-0.25, -0.2) is 4.55 Å². The van der Waals surface area contributed by atoms with Gasteiger partial charge in [0.1, 0.15) is 4.11 Å². The Balaban J connectivity index is 3.08. The lowest BCUT2D eigenvalue weighted by Crippen LogP contribution is -2.88. The number of nitrogens with zero attached hydrogens (tertiary/aromatic N) is 1. The number of hydrogen-bond donors (Lipinski definition) is 1. The normalized spacial score (nSPS) is 30.9. The highest BCUT2D eigenvalue weighted by Crippen LogP contribution is 2.69. The molecule has 32 heavy (non-hydrogen) atoms. The number of hydrogen-bond acceptors (Lipinski definition) is 2. The molecule has 4 nitrogen and oxygen atoms in total. The standard InChI is InChI=1S/C17H25F10NO3S/c1-2-3-4-5-6-7-8-9-10-11-12-13(18)14(19,20)15(21,22)16(23,24)17(25,26)28(13,27)32(29,30)31/h2-12H2,1H3/p+1. The summed E-state index contributed by atoms with van der Waals surface area (Å²) in [6.07, 6.45) is 2.36. The Morgan fingerprint density at radius 2 is 1.03 bits per heavy atom. The summed E-state index contributed by atoms with van der Waals surface area (Å²) in [5, 5.41) is 0. The van der Waals surface area contributed by atoms with Crippen molar-refractivity contribution in [3.63, 3.8) is 0 Å². The first-order chi connectivity index (χ1) is 14.3. The van der Waals surface area contributed by atoms with Gasteiger partial charge in [0.25, 0.3) is 0 Å². The van der Waals surface area contributed by atoms with Gasteiger partial charge in [-0.2, -0.15) is 30.7 Å². The van der Waals surface area contributed by atoms with Gasteiger partial charge < -0.3 is 0 Å². The van der Waals surface area contributed by atoms with E-state index >= 15 is 0 Å². The maximum Gasteiger partial charge on any atom is 0.517 e. The van der Waals surface area contributed by atoms with Gasteiger partial charge in [-0.15, -0.1) is 17.2 Å². The molecule has 0 spiro atoms. The van der Waals surface area contributed by atoms with Crippen LogP contribution in [0.2, 0.25) is 0 Å². The molecular weight excluding hydrogens is 488 g/mol. The van der Waals surface area contributed by atoms with E-state index in [1.807, 2.05) is 6.92 Å². The van der Waals surface area contributed by atoms with Crippen molar-refractivity contribution >= 4 is 10.3 Å². The lowest BCUT2D eigenvalue weighted by molar-refractivity contribution is -1.11. The van der Waals surface area contributed by atoms with E-state index in [1.54, 1.807) is 0 Å². The maximum absolute atomic E-state index is 15.0. The summed E-state index contributed by atoms with van der Waals surface area (Å²) in [5.74, 6) is -27.6. The summed E-state index contributed by atoms with van der Waals surface area (Å²) in [7, 11) is -7.44. The lowest BCUT2D eigenvalue weighted by atomic mass is 9.85. The minimum absolute atomic E-state index is 0.149. The number of quaternary nitrogens is 1. The SMILES string of the molecule is CCCCCCCCCCCCC1(F)C(F)(F)C(F)(F)C(F)(F)C(F)(F)[N+]1(F)S(=O)(=O)O. The summed E-state index contributed by atoms with van der Waals surface area (Å²) in [5.41, 5.74) is 0. The van der Waals surface area contributed by atoms with Gasteiger partial charge in [0.15, 0.2) is 0 Å². The second-order valence-corrected chi connectivity index (χ2v) is 9.33. The van der Waals surface area contributed by atoms with E-state index in [0.29, 0.717) is 12.8 Å². The fraction of sp³-hybridized carbons (Fsp3) is 1.00. The summed E-state index contributed by atoms with van der Waals surface area (Å²) in [4.78, 5) is 0. The van der Waals surface area contributed by atoms with Gasteiger partial charge in [-0.1, -0.05) is 64.7 Å². The third kappa shape index (κ3) is 4.10. The quantitative estimate of drug-likeness (QED) is 0.101. The molecule has 1 fully saturated rings. The molecule has 1 aliphatic heterocycles. The van der Waals surface area contributed by atoms with Crippen LogP contribution in [0.5, 0.6) is 0 Å². The highest BCUT2D eigenvalue weighted by molar-refractivity contribution is 7.80. The highest BCUT2D eigenvalue weighted by atomic mass is 32.2. The van der Waals surface area contributed by atoms with Gasteiger partial charge in [0.05, 0.1) is 0 Å². The second kappa shape index (κ2) is 9.43. The Kier molecular flexibility index (Phi) is 8.61. The first kappa shape index (κ1) is 29.2. The van der Waals surface area contributed by atoms with Crippen LogP contribution in [-0.2, 0) is 10.3 Å². The van der Waals surface area contributed by atoms with Gasteiger partial charge in [-0.3, -0.25) is 0 Å². The van der Waals surface area contributed by atoms with Crippen molar-refractivity contribution in [2.24, 2.45) is 0 Å². The Hall–Kier alpha value is -0.830. The van der Waals surface area contributed by atoms with E-state index in [4.69, 9.17) is 4.55 Å². The number of unbranched alkanes of at least 4 members (excludes halogenated alkanes) is 9. The zero-order valence-corrected chi connectivity index (χ0v) is 18.0. The Labute approximate surface area is 179 Å². The molecule has 2 unspecified atom stereocenters. The number of piperidine rings is 1. The highest BCUT2D eigenvalue weighted by Gasteiger charge is 3.05. The average molecular weight is 514 g/mol. The third-order valence-electron chi connectivity index (χ3n) is 5.64. The minimum atomic E-state index is -7.44. The van der Waals surface area contributed by atoms with Crippen molar-refractivity contribution in [2.45, 2.75) is 107 Å². The van der Waals surface area contributed by atoms with Crippen LogP contribution in [0.15, 0.2) is 0 Å². The van der Waals surface area contributed by atoms with E-state index in [2.05, 4.69) is 0 Å². The number of alkyl halides is 9. The first-order valence-electron chi connectivity index (χ1n) is 10.1. The molecule has 1 N–H and O–H groups in total. The maximum atomic E-state index is 15.0. The second-order valence-electron chi connectivity index (χ2n) is 7.94. The zero-order chi connectivity index (χ0) is 25.3. The van der Waals surface area contributed by atoms with Crippen LogP contribution in [0.3, 0.4) is 0 Å². The Morgan fingerprint density at radius 3 is 1.41 bits per heavy atom. The molecule has 0 amide bonds. The van der Waals surface area contributed by atoms with Crippen LogP contribution in [0.4, 0.5) is 44.0 Å². The van der Waals surface area contributed by atoms with Crippen molar-refractivity contribution in [1.29, 1.82) is 0 Å². The topological polar surface area (TPSA) is 54.4 Å². The molecule has 1 rings (SSSR count). The minimum Gasteiger partial charge on any atom is -0.238 e. The lowest BCUT2D eigenvalue weighted by Gasteiger charge is -2.51. The Bertz CT molecular complexity index is 749. The molecule has 192 valence electrons. The first-order valence-corrected chi connectivity index (χ1v) is 11.5. The molecule has 0 bridgehead atoms. The van der Waals surface area contributed by atoms with E-state index in [0.717, 1.165) is 32.1 Å². The molecule has 1 aliphatic rings. The van der Waals surface area contributed by atoms with Crippen LogP contribution >= 0.6 is 0 Å². The molecule has 0 saturated carbocycles. The number of rotatable bonds is 12. The van der Waals surface area contributed by atoms with Gasteiger partial charge in [0, 0.05) is 10.9 Å². The smallest absolute Gasteiger partial charge is 0.238 e. The van der Waals surface area contributed by atoms with Crippen molar-refractivity contribution in [3.05, 3.63) is 0 Å². The molecule has 0 radical (unpaired) electrons. The average Bonchev–Trinajstić information content (AvgIpc) is 2.66. The van der Waals surface area contributed by atoms with Gasteiger partial charge in [0.2, 0.25) is 0 Å². The number of halogens is 10. The van der Waals surface area contributed by atoms with Crippen molar-refractivity contribution in [1.82, 2.24) is 0 Å². The third-order valence-corrected chi connectivity index (χ3v) is 6.80. The monoisotopic (exact) mass is 514 g/mol. The van der Waals surface area contributed by atoms with E-state index in [-0.39, 0.29) is 12.8 Å². The molecule has 0 aliphatic carbocycles. The van der Waals surface area contributed by atoms with Gasteiger partial charge >= 0.3 is 39.9 Å². The van der Waals surface area contributed by atoms with Crippen LogP contribution in [0, 0.1) is 0 Å². The van der Waals surface area contributed by atoms with Crippen molar-refractivity contribution in [3.8, 4) is 0 Å². The Morgan fingerprint density at radius 1 is 0.656 bits per heavy atom. The van der Waals surface area contributed by atoms with Crippen LogP contribution in [-0.4, -0.2) is 46.7 Å². The molecule has 15 heteroatoms. The molecule has 2 atom stereocenters. The predicted molar refractivity (Wildman–Crippen MR) is 93.0 cm³/mol. The fourth-order valence-corrected chi connectivity index (χ4v) is 4.66. The van der Waals surface area contributed by atoms with E-state index < -0.39 is 56.9 Å². The van der Waals surface area contributed by atoms with E-state index in [1.165, 1.54) is 0 Å². The molecule has 1 saturated heterocycles.